The third-order valence-electron chi connectivity index (χ3n) is 6.03. The largest absolute Gasteiger partial charge is 0.326 e. The number of carbonyl (C=O) groups is 1. The van der Waals surface area contributed by atoms with Crippen molar-refractivity contribution >= 4 is 60.7 Å². The number of rotatable bonds is 8. The lowest BCUT2D eigenvalue weighted by Crippen LogP contribution is -2.41. The van der Waals surface area contributed by atoms with Crippen LogP contribution < -0.4 is 10.0 Å². The summed E-state index contributed by atoms with van der Waals surface area (Å²) in [6.45, 7) is 0.494. The Kier molecular flexibility index (Phi) is 8.49. The fraction of sp³-hybridized carbons (Fsp3) is 0.240. The van der Waals surface area contributed by atoms with Crippen LogP contribution in [0, 0.1) is 5.92 Å². The van der Waals surface area contributed by atoms with Crippen molar-refractivity contribution in [3.05, 3.63) is 77.8 Å². The van der Waals surface area contributed by atoms with Crippen LogP contribution in [0.1, 0.15) is 12.8 Å². The highest BCUT2D eigenvalue weighted by molar-refractivity contribution is 7.98. The molecule has 0 unspecified atom stereocenters. The number of carbonyl (C=O) groups excluding carboxylic acids is 1. The van der Waals surface area contributed by atoms with Crippen molar-refractivity contribution in [1.29, 1.82) is 0 Å². The Bertz CT molecular complexity index is 1470. The van der Waals surface area contributed by atoms with E-state index in [1.165, 1.54) is 34.6 Å². The van der Waals surface area contributed by atoms with Gasteiger partial charge >= 0.3 is 0 Å². The Labute approximate surface area is 226 Å². The Morgan fingerprint density at radius 3 is 2.11 bits per heavy atom. The van der Waals surface area contributed by atoms with Crippen molar-refractivity contribution < 1.29 is 21.6 Å². The number of nitrogens with zero attached hydrogens (tertiary/aromatic N) is 1. The molecule has 1 saturated heterocycles. The van der Waals surface area contributed by atoms with Gasteiger partial charge in [-0.3, -0.25) is 9.52 Å². The number of thioether (sulfide) groups is 1. The summed E-state index contributed by atoms with van der Waals surface area (Å²) in [4.78, 5) is 14.1. The maximum Gasteiger partial charge on any atom is 0.261 e. The van der Waals surface area contributed by atoms with Gasteiger partial charge in [0.1, 0.15) is 0 Å². The number of anilines is 2. The molecule has 0 aromatic heterocycles. The number of hydrogen-bond donors (Lipinski definition) is 2. The summed E-state index contributed by atoms with van der Waals surface area (Å²) in [5.41, 5.74) is 0.797. The molecule has 3 aromatic rings. The maximum atomic E-state index is 13.0. The Morgan fingerprint density at radius 1 is 0.892 bits per heavy atom. The highest BCUT2D eigenvalue weighted by Gasteiger charge is 2.32. The van der Waals surface area contributed by atoms with Crippen molar-refractivity contribution in [2.45, 2.75) is 27.5 Å². The zero-order chi connectivity index (χ0) is 26.6. The molecule has 0 atom stereocenters. The molecule has 1 aliphatic heterocycles. The average molecular weight is 580 g/mol. The van der Waals surface area contributed by atoms with E-state index >= 15 is 0 Å². The predicted molar refractivity (Wildman–Crippen MR) is 147 cm³/mol. The minimum atomic E-state index is -3.83. The first-order valence-corrected chi connectivity index (χ1v) is 15.9. The lowest BCUT2D eigenvalue weighted by Gasteiger charge is -2.30. The van der Waals surface area contributed by atoms with Gasteiger partial charge in [0.25, 0.3) is 10.0 Å². The highest BCUT2D eigenvalue weighted by atomic mass is 35.5. The summed E-state index contributed by atoms with van der Waals surface area (Å²) in [5.74, 6) is -0.577. The second-order valence-electron chi connectivity index (χ2n) is 8.48. The second kappa shape index (κ2) is 11.4. The molecule has 0 bridgehead atoms. The average Bonchev–Trinajstić information content (AvgIpc) is 2.89. The van der Waals surface area contributed by atoms with Gasteiger partial charge in [-0.1, -0.05) is 17.7 Å². The van der Waals surface area contributed by atoms with Crippen LogP contribution in [0.4, 0.5) is 11.4 Å². The molecule has 1 heterocycles. The number of benzene rings is 3. The quantitative estimate of drug-likeness (QED) is 0.367. The van der Waals surface area contributed by atoms with E-state index in [4.69, 9.17) is 11.6 Å². The molecule has 1 aliphatic rings. The van der Waals surface area contributed by atoms with Crippen molar-refractivity contribution in [1.82, 2.24) is 4.31 Å². The zero-order valence-corrected chi connectivity index (χ0v) is 23.1. The molecule has 196 valence electrons. The second-order valence-corrected chi connectivity index (χ2v) is 13.4. The molecule has 8 nitrogen and oxygen atoms in total. The molecule has 0 spiro atoms. The van der Waals surface area contributed by atoms with Crippen molar-refractivity contribution in [2.75, 3.05) is 29.4 Å². The fourth-order valence-corrected chi connectivity index (χ4v) is 7.10. The highest BCUT2D eigenvalue weighted by Crippen LogP contribution is 2.27. The molecule has 1 fully saturated rings. The van der Waals surface area contributed by atoms with E-state index in [9.17, 15) is 21.6 Å². The van der Waals surface area contributed by atoms with Crippen molar-refractivity contribution in [2.24, 2.45) is 5.92 Å². The fourth-order valence-electron chi connectivity index (χ4n) is 3.98. The molecule has 2 N–H and O–H groups in total. The SMILES string of the molecule is CSc1ccc(S(=O)(=O)N2CCC(C(=O)Nc3ccc(S(=O)(=O)Nc4cccc(Cl)c4)cc3)CC2)cc1. The molecule has 4 rings (SSSR count). The van der Waals surface area contributed by atoms with Crippen molar-refractivity contribution in [3.63, 3.8) is 0 Å². The topological polar surface area (TPSA) is 113 Å². The first-order valence-electron chi connectivity index (χ1n) is 11.4. The third kappa shape index (κ3) is 6.66. The van der Waals surface area contributed by atoms with Crippen LogP contribution in [0.15, 0.2) is 87.5 Å². The van der Waals surface area contributed by atoms with Crippen molar-refractivity contribution in [3.8, 4) is 0 Å². The lowest BCUT2D eigenvalue weighted by atomic mass is 9.97. The summed E-state index contributed by atoms with van der Waals surface area (Å²) in [6, 6.07) is 19.0. The maximum absolute atomic E-state index is 13.0. The monoisotopic (exact) mass is 579 g/mol. The molecule has 0 saturated carbocycles. The minimum Gasteiger partial charge on any atom is -0.326 e. The van der Waals surface area contributed by atoms with E-state index in [-0.39, 0.29) is 34.7 Å². The van der Waals surface area contributed by atoms with E-state index in [2.05, 4.69) is 10.0 Å². The third-order valence-corrected chi connectivity index (χ3v) is 10.3. The van der Waals surface area contributed by atoms with Crippen LogP contribution in [-0.4, -0.2) is 46.4 Å². The molecular weight excluding hydrogens is 554 g/mol. The Morgan fingerprint density at radius 2 is 1.51 bits per heavy atom. The standard InChI is InChI=1S/C25H26ClN3O5S3/c1-35-22-7-11-24(12-8-22)37(33,34)29-15-13-18(14-16-29)25(30)27-20-5-9-23(10-6-20)36(31,32)28-21-4-2-3-19(26)17-21/h2-12,17-18,28H,13-16H2,1H3,(H,27,30). The summed E-state index contributed by atoms with van der Waals surface area (Å²) in [5, 5.41) is 3.21. The van der Waals surface area contributed by atoms with Gasteiger partial charge in [-0.05, 0) is 85.8 Å². The van der Waals surface area contributed by atoms with Gasteiger partial charge in [-0.25, -0.2) is 16.8 Å². The van der Waals surface area contributed by atoms with E-state index in [1.807, 2.05) is 6.26 Å². The number of nitrogens with one attached hydrogen (secondary N) is 2. The van der Waals surface area contributed by atoms with Crippen LogP contribution in [0.3, 0.4) is 0 Å². The van der Waals surface area contributed by atoms with Gasteiger partial charge in [0.15, 0.2) is 0 Å². The van der Waals surface area contributed by atoms with E-state index in [0.29, 0.717) is 29.2 Å². The summed E-state index contributed by atoms with van der Waals surface area (Å²) in [7, 11) is -7.44. The molecule has 3 aromatic carbocycles. The van der Waals surface area contributed by atoms with Crippen LogP contribution in [0.2, 0.25) is 5.02 Å². The number of sulfonamides is 2. The van der Waals surface area contributed by atoms with Gasteiger partial charge in [0, 0.05) is 34.6 Å². The summed E-state index contributed by atoms with van der Waals surface area (Å²) in [6.07, 6.45) is 2.71. The molecule has 0 radical (unpaired) electrons. The molecule has 0 aliphatic carbocycles. The Balaban J connectivity index is 1.33. The van der Waals surface area contributed by atoms with Gasteiger partial charge in [0.2, 0.25) is 15.9 Å². The van der Waals surface area contributed by atoms with Crippen LogP contribution in [-0.2, 0) is 24.8 Å². The minimum absolute atomic E-state index is 0.0366. The molecular formula is C25H26ClN3O5S3. The molecule has 37 heavy (non-hydrogen) atoms. The predicted octanol–water partition coefficient (Wildman–Crippen LogP) is 4.90. The zero-order valence-electron chi connectivity index (χ0n) is 19.9. The smallest absolute Gasteiger partial charge is 0.261 e. The normalized spacial score (nSPS) is 15.3. The lowest BCUT2D eigenvalue weighted by molar-refractivity contribution is -0.120. The molecule has 12 heteroatoms. The van der Waals surface area contributed by atoms with Crippen LogP contribution in [0.5, 0.6) is 0 Å². The number of piperidine rings is 1. The Hall–Kier alpha value is -2.57. The van der Waals surface area contributed by atoms with Gasteiger partial charge in [-0.2, -0.15) is 4.31 Å². The number of hydrogen-bond acceptors (Lipinski definition) is 6. The van der Waals surface area contributed by atoms with E-state index in [0.717, 1.165) is 4.90 Å². The summed E-state index contributed by atoms with van der Waals surface area (Å²) >= 11 is 7.45. The first-order chi connectivity index (χ1) is 17.6. The van der Waals surface area contributed by atoms with Gasteiger partial charge in [-0.15, -0.1) is 11.8 Å². The molecule has 1 amide bonds. The van der Waals surface area contributed by atoms with Crippen LogP contribution in [0.25, 0.3) is 0 Å². The number of amides is 1. The van der Waals surface area contributed by atoms with E-state index in [1.54, 1.807) is 54.2 Å². The first kappa shape index (κ1) is 27.5. The van der Waals surface area contributed by atoms with E-state index < -0.39 is 20.0 Å². The summed E-state index contributed by atoms with van der Waals surface area (Å²) < 4.78 is 55.1. The van der Waals surface area contributed by atoms with Gasteiger partial charge in [0.05, 0.1) is 15.5 Å². The van der Waals surface area contributed by atoms with Crippen LogP contribution >= 0.6 is 23.4 Å². The number of halogens is 1. The van der Waals surface area contributed by atoms with Gasteiger partial charge < -0.3 is 5.32 Å².